The van der Waals surface area contributed by atoms with E-state index in [0.717, 1.165) is 30.4 Å². The molecule has 2 saturated heterocycles. The molecule has 10 nitrogen and oxygen atoms in total. The van der Waals surface area contributed by atoms with Crippen molar-refractivity contribution < 1.29 is 46.7 Å². The first-order valence-corrected chi connectivity index (χ1v) is 28.7. The maximum absolute atomic E-state index is 7.49. The number of hydrogen-bond donors (Lipinski definition) is 0. The molecule has 2 aromatic carbocycles. The molecule has 0 aliphatic carbocycles. The molecule has 2 aliphatic heterocycles. The summed E-state index contributed by atoms with van der Waals surface area (Å²) in [6.07, 6.45) is 4.06. The van der Waals surface area contributed by atoms with Crippen LogP contribution in [0.15, 0.2) is 60.7 Å². The average molecular weight is 889 g/mol. The minimum Gasteiger partial charge on any atom is -0.417 e. The SMILES string of the molecule is CC[C@@H](C[C@@H]1C[C@@H](C[C@@H]2C[C@@](C[C@H](CCO[Si](C)(C)C(C)(C)C)OCOCc3ccccc3)(O[Si](C)(C)C(C)(C)C)OC(C)(C)O2)OC(C)(C)O1)OCOCc1ccccc1. The van der Waals surface area contributed by atoms with E-state index in [1.807, 2.05) is 64.1 Å². The van der Waals surface area contributed by atoms with Crippen molar-refractivity contribution in [2.45, 2.75) is 218 Å². The quantitative estimate of drug-likeness (QED) is 0.0610. The third-order valence-electron chi connectivity index (χ3n) is 12.8. The van der Waals surface area contributed by atoms with Crippen molar-refractivity contribution in [3.8, 4) is 0 Å². The Balaban J connectivity index is 1.52. The molecule has 2 aliphatic rings. The Morgan fingerprint density at radius 3 is 1.70 bits per heavy atom. The van der Waals surface area contributed by atoms with Gasteiger partial charge in [-0.3, -0.25) is 0 Å². The van der Waals surface area contributed by atoms with Crippen LogP contribution in [0.2, 0.25) is 36.3 Å². The summed E-state index contributed by atoms with van der Waals surface area (Å²) >= 11 is 0. The molecule has 4 rings (SSSR count). The van der Waals surface area contributed by atoms with Crippen molar-refractivity contribution in [2.75, 3.05) is 20.2 Å². The van der Waals surface area contributed by atoms with Gasteiger partial charge in [-0.2, -0.15) is 0 Å². The van der Waals surface area contributed by atoms with Crippen LogP contribution in [0.1, 0.15) is 132 Å². The molecule has 0 radical (unpaired) electrons. The van der Waals surface area contributed by atoms with Crippen LogP contribution >= 0.6 is 0 Å². The molecule has 0 bridgehead atoms. The molecule has 0 unspecified atom stereocenters. The second-order valence-corrected chi connectivity index (χ2v) is 30.8. The molecule has 0 amide bonds. The van der Waals surface area contributed by atoms with Gasteiger partial charge in [-0.05, 0) is 87.9 Å². The Hall–Kier alpha value is -1.53. The number of ether oxygens (including phenoxy) is 8. The fourth-order valence-electron chi connectivity index (χ4n) is 7.74. The Kier molecular flexibility index (Phi) is 18.9. The molecular formula is C49H84O10Si2. The Morgan fingerprint density at radius 1 is 0.672 bits per heavy atom. The minimum absolute atomic E-state index is 0.00606. The highest BCUT2D eigenvalue weighted by molar-refractivity contribution is 6.74. The maximum Gasteiger partial charge on any atom is 0.195 e. The first-order chi connectivity index (χ1) is 28.3. The Bertz CT molecular complexity index is 1560. The van der Waals surface area contributed by atoms with Gasteiger partial charge in [0.05, 0.1) is 43.7 Å². The van der Waals surface area contributed by atoms with Crippen LogP contribution in [0.3, 0.4) is 0 Å². The van der Waals surface area contributed by atoms with Gasteiger partial charge in [0.2, 0.25) is 0 Å². The predicted molar refractivity (Wildman–Crippen MR) is 248 cm³/mol. The van der Waals surface area contributed by atoms with E-state index >= 15 is 0 Å². The van der Waals surface area contributed by atoms with Crippen LogP contribution in [0.4, 0.5) is 0 Å². The van der Waals surface area contributed by atoms with E-state index in [2.05, 4.69) is 98.9 Å². The van der Waals surface area contributed by atoms with Gasteiger partial charge in [0.25, 0.3) is 0 Å². The first-order valence-electron chi connectivity index (χ1n) is 22.9. The molecule has 61 heavy (non-hydrogen) atoms. The Labute approximate surface area is 372 Å². The van der Waals surface area contributed by atoms with Crippen molar-refractivity contribution in [2.24, 2.45) is 0 Å². The topological polar surface area (TPSA) is 92.3 Å². The molecule has 348 valence electrons. The fraction of sp³-hybridized carbons (Fsp3) is 0.755. The smallest absolute Gasteiger partial charge is 0.195 e. The van der Waals surface area contributed by atoms with Gasteiger partial charge >= 0.3 is 0 Å². The third kappa shape index (κ3) is 17.1. The lowest BCUT2D eigenvalue weighted by Gasteiger charge is -2.54. The number of hydrogen-bond acceptors (Lipinski definition) is 10. The molecule has 0 spiro atoms. The van der Waals surface area contributed by atoms with E-state index in [0.29, 0.717) is 45.5 Å². The van der Waals surface area contributed by atoms with Crippen LogP contribution in [-0.4, -0.2) is 84.7 Å². The van der Waals surface area contributed by atoms with E-state index in [4.69, 9.17) is 46.7 Å². The summed E-state index contributed by atoms with van der Waals surface area (Å²) in [7, 11) is -4.40. The summed E-state index contributed by atoms with van der Waals surface area (Å²) in [5.41, 5.74) is 2.23. The summed E-state index contributed by atoms with van der Waals surface area (Å²) in [5.74, 6) is -2.69. The highest BCUT2D eigenvalue weighted by atomic mass is 28.4. The summed E-state index contributed by atoms with van der Waals surface area (Å²) in [5, 5.41) is 0.0323. The van der Waals surface area contributed by atoms with Gasteiger partial charge in [0.15, 0.2) is 34.0 Å². The standard InChI is InChI=1S/C49H84O10Si2/c1-16-40(52-36-50-34-38-23-19-17-20-24-38)29-42-30-43(56-47(8,9)55-42)31-44-33-49(58-48(10,11)57-44,59-61(14,15)46(5,6)7)32-41(27-28-54-60(12,13)45(2,3)4)53-37-51-35-39-25-21-18-22-26-39/h17-26,40-44H,16,27-37H2,1-15H3/t40-,41-,42+,43-,44+,49+/m0/s1. The van der Waals surface area contributed by atoms with Gasteiger partial charge in [0, 0.05) is 38.7 Å². The maximum atomic E-state index is 7.49. The lowest BCUT2D eigenvalue weighted by Crippen LogP contribution is -2.61. The second-order valence-electron chi connectivity index (χ2n) is 21.3. The van der Waals surface area contributed by atoms with Crippen molar-refractivity contribution >= 4 is 16.6 Å². The zero-order chi connectivity index (χ0) is 45.2. The molecular weight excluding hydrogens is 805 g/mol. The summed E-state index contributed by atoms with van der Waals surface area (Å²) in [6.45, 7) is 34.9. The van der Waals surface area contributed by atoms with Gasteiger partial charge in [-0.1, -0.05) is 109 Å². The van der Waals surface area contributed by atoms with Crippen molar-refractivity contribution in [3.05, 3.63) is 71.8 Å². The highest BCUT2D eigenvalue weighted by Crippen LogP contribution is 2.48. The van der Waals surface area contributed by atoms with Crippen molar-refractivity contribution in [1.82, 2.24) is 0 Å². The van der Waals surface area contributed by atoms with E-state index < -0.39 is 34.0 Å². The van der Waals surface area contributed by atoms with Gasteiger partial charge in [-0.15, -0.1) is 0 Å². The van der Waals surface area contributed by atoms with E-state index in [1.54, 1.807) is 0 Å². The lowest BCUT2D eigenvalue weighted by molar-refractivity contribution is -0.395. The molecule has 2 fully saturated rings. The summed E-state index contributed by atoms with van der Waals surface area (Å²) in [6, 6.07) is 20.4. The molecule has 12 heteroatoms. The predicted octanol–water partition coefficient (Wildman–Crippen LogP) is 12.3. The van der Waals surface area contributed by atoms with Crippen LogP contribution in [0.5, 0.6) is 0 Å². The van der Waals surface area contributed by atoms with Gasteiger partial charge in [0.1, 0.15) is 13.6 Å². The van der Waals surface area contributed by atoms with E-state index in [1.165, 1.54) is 0 Å². The van der Waals surface area contributed by atoms with Gasteiger partial charge in [-0.25, -0.2) is 0 Å². The number of rotatable bonds is 23. The zero-order valence-corrected chi connectivity index (χ0v) is 42.7. The molecule has 6 atom stereocenters. The first kappa shape index (κ1) is 52.1. The molecule has 2 heterocycles. The van der Waals surface area contributed by atoms with Crippen molar-refractivity contribution in [3.63, 3.8) is 0 Å². The second kappa shape index (κ2) is 22.1. The fourth-order valence-corrected chi connectivity index (χ4v) is 10.2. The highest BCUT2D eigenvalue weighted by Gasteiger charge is 2.54. The summed E-state index contributed by atoms with van der Waals surface area (Å²) in [4.78, 5) is 0. The van der Waals surface area contributed by atoms with Crippen LogP contribution in [-0.2, 0) is 60.0 Å². The monoisotopic (exact) mass is 889 g/mol. The van der Waals surface area contributed by atoms with Crippen LogP contribution in [0, 0.1) is 0 Å². The number of benzene rings is 2. The lowest BCUT2D eigenvalue weighted by atomic mass is 9.92. The van der Waals surface area contributed by atoms with Crippen LogP contribution < -0.4 is 0 Å². The largest absolute Gasteiger partial charge is 0.417 e. The molecule has 0 saturated carbocycles. The van der Waals surface area contributed by atoms with Crippen LogP contribution in [0.25, 0.3) is 0 Å². The van der Waals surface area contributed by atoms with E-state index in [-0.39, 0.29) is 54.2 Å². The zero-order valence-electron chi connectivity index (χ0n) is 40.7. The Morgan fingerprint density at radius 2 is 1.18 bits per heavy atom. The summed E-state index contributed by atoms with van der Waals surface area (Å²) < 4.78 is 66.1. The normalized spacial score (nSPS) is 24.7. The van der Waals surface area contributed by atoms with E-state index in [9.17, 15) is 0 Å². The minimum atomic E-state index is -2.40. The molecule has 0 N–H and O–H groups in total. The average Bonchev–Trinajstić information content (AvgIpc) is 3.12. The third-order valence-corrected chi connectivity index (χ3v) is 21.9. The molecule has 0 aromatic heterocycles. The molecule has 2 aromatic rings. The van der Waals surface area contributed by atoms with Crippen molar-refractivity contribution in [1.29, 1.82) is 0 Å². The van der Waals surface area contributed by atoms with Gasteiger partial charge < -0.3 is 46.7 Å².